The van der Waals surface area contributed by atoms with Gasteiger partial charge in [0.1, 0.15) is 12.1 Å². The second-order valence-electron chi connectivity index (χ2n) is 6.24. The molecule has 0 radical (unpaired) electrons. The van der Waals surface area contributed by atoms with E-state index >= 15 is 0 Å². The summed E-state index contributed by atoms with van der Waals surface area (Å²) in [5.74, 6) is -0.367. The zero-order valence-corrected chi connectivity index (χ0v) is 14.7. The van der Waals surface area contributed by atoms with Crippen LogP contribution in [-0.2, 0) is 19.1 Å². The van der Waals surface area contributed by atoms with Crippen molar-refractivity contribution >= 4 is 24.3 Å². The van der Waals surface area contributed by atoms with E-state index < -0.39 is 12.1 Å². The molecule has 1 heterocycles. The van der Waals surface area contributed by atoms with Crippen LogP contribution in [0.4, 0.5) is 0 Å². The Balaban J connectivity index is 0.00000441. The lowest BCUT2D eigenvalue weighted by Gasteiger charge is -2.22. The SMILES string of the molecule is CC(C)C[C@H](NC(=O)[C@@H]1CC[C@H](CN)O1)C(=O)OC(C)C.Cl. The summed E-state index contributed by atoms with van der Waals surface area (Å²) in [4.78, 5) is 24.3. The normalized spacial score (nSPS) is 22.3. The van der Waals surface area contributed by atoms with E-state index in [9.17, 15) is 9.59 Å². The van der Waals surface area contributed by atoms with Crippen LogP contribution in [-0.4, -0.2) is 42.8 Å². The molecule has 0 spiro atoms. The zero-order chi connectivity index (χ0) is 16.0. The van der Waals surface area contributed by atoms with Gasteiger partial charge in [0.2, 0.25) is 5.91 Å². The van der Waals surface area contributed by atoms with E-state index in [1.807, 2.05) is 13.8 Å². The lowest BCUT2D eigenvalue weighted by Crippen LogP contribution is -2.47. The number of rotatable bonds is 7. The van der Waals surface area contributed by atoms with Gasteiger partial charge >= 0.3 is 5.97 Å². The first-order valence-electron chi connectivity index (χ1n) is 7.69. The molecule has 1 amide bonds. The molecule has 6 nitrogen and oxygen atoms in total. The predicted octanol–water partition coefficient (Wildman–Crippen LogP) is 1.40. The molecule has 0 unspecified atom stereocenters. The number of carbonyl (C=O) groups excluding carboxylic acids is 2. The molecule has 1 rings (SSSR count). The quantitative estimate of drug-likeness (QED) is 0.686. The topological polar surface area (TPSA) is 90.7 Å². The van der Waals surface area contributed by atoms with E-state index in [4.69, 9.17) is 15.2 Å². The minimum Gasteiger partial charge on any atom is -0.461 e. The number of hydrogen-bond acceptors (Lipinski definition) is 5. The fourth-order valence-electron chi connectivity index (χ4n) is 2.34. The smallest absolute Gasteiger partial charge is 0.328 e. The second kappa shape index (κ2) is 10.0. The largest absolute Gasteiger partial charge is 0.461 e. The van der Waals surface area contributed by atoms with E-state index in [-0.39, 0.29) is 42.4 Å². The summed E-state index contributed by atoms with van der Waals surface area (Å²) in [5.41, 5.74) is 5.54. The highest BCUT2D eigenvalue weighted by Crippen LogP contribution is 2.19. The standard InChI is InChI=1S/C15H28N2O4.ClH/c1-9(2)7-12(15(19)20-10(3)4)17-14(18)13-6-5-11(8-16)21-13;/h9-13H,5-8,16H2,1-4H3,(H,17,18);1H/t11-,12+,13+;/m1./s1. The highest BCUT2D eigenvalue weighted by molar-refractivity contribution is 5.87. The van der Waals surface area contributed by atoms with Gasteiger partial charge in [0, 0.05) is 6.54 Å². The Bertz CT molecular complexity index is 363. The Morgan fingerprint density at radius 3 is 2.36 bits per heavy atom. The molecule has 1 fully saturated rings. The average molecular weight is 337 g/mol. The molecule has 1 aliphatic heterocycles. The minimum absolute atomic E-state index is 0. The summed E-state index contributed by atoms with van der Waals surface area (Å²) >= 11 is 0. The summed E-state index contributed by atoms with van der Waals surface area (Å²) in [5, 5.41) is 2.76. The lowest BCUT2D eigenvalue weighted by atomic mass is 10.0. The lowest BCUT2D eigenvalue weighted by molar-refractivity contribution is -0.153. The van der Waals surface area contributed by atoms with E-state index in [1.54, 1.807) is 13.8 Å². The minimum atomic E-state index is -0.625. The number of esters is 1. The van der Waals surface area contributed by atoms with Crippen molar-refractivity contribution in [1.29, 1.82) is 0 Å². The van der Waals surface area contributed by atoms with Gasteiger partial charge in [-0.05, 0) is 39.0 Å². The van der Waals surface area contributed by atoms with E-state index in [1.165, 1.54) is 0 Å². The van der Waals surface area contributed by atoms with E-state index in [0.717, 1.165) is 6.42 Å². The van der Waals surface area contributed by atoms with Gasteiger partial charge in [0.25, 0.3) is 0 Å². The van der Waals surface area contributed by atoms with Crippen LogP contribution in [0, 0.1) is 5.92 Å². The van der Waals surface area contributed by atoms with Crippen LogP contribution in [0.5, 0.6) is 0 Å². The molecule has 3 atom stereocenters. The summed E-state index contributed by atoms with van der Waals surface area (Å²) in [6.45, 7) is 7.99. The maximum absolute atomic E-state index is 12.2. The third kappa shape index (κ3) is 6.94. The van der Waals surface area contributed by atoms with Gasteiger partial charge in [-0.25, -0.2) is 4.79 Å². The Labute approximate surface area is 138 Å². The first-order chi connectivity index (χ1) is 9.83. The predicted molar refractivity (Wildman–Crippen MR) is 86.8 cm³/mol. The van der Waals surface area contributed by atoms with Gasteiger partial charge in [0.05, 0.1) is 12.2 Å². The van der Waals surface area contributed by atoms with Crippen molar-refractivity contribution < 1.29 is 19.1 Å². The molecule has 130 valence electrons. The first kappa shape index (κ1) is 21.1. The molecule has 0 bridgehead atoms. The molecular formula is C15H29ClN2O4. The van der Waals surface area contributed by atoms with Crippen LogP contribution >= 0.6 is 12.4 Å². The summed E-state index contributed by atoms with van der Waals surface area (Å²) in [6.07, 6.45) is 1.19. The van der Waals surface area contributed by atoms with Crippen molar-refractivity contribution in [2.24, 2.45) is 11.7 Å². The number of amides is 1. The average Bonchev–Trinajstić information content (AvgIpc) is 2.85. The van der Waals surface area contributed by atoms with Gasteiger partial charge in [-0.2, -0.15) is 0 Å². The van der Waals surface area contributed by atoms with Crippen molar-refractivity contribution in [3.05, 3.63) is 0 Å². The van der Waals surface area contributed by atoms with Crippen LogP contribution < -0.4 is 11.1 Å². The van der Waals surface area contributed by atoms with Gasteiger partial charge < -0.3 is 20.5 Å². The molecule has 0 aliphatic carbocycles. The Kier molecular flexibility index (Phi) is 9.64. The van der Waals surface area contributed by atoms with Gasteiger partial charge in [0.15, 0.2) is 0 Å². The zero-order valence-electron chi connectivity index (χ0n) is 13.8. The number of carbonyl (C=O) groups is 2. The molecule has 22 heavy (non-hydrogen) atoms. The van der Waals surface area contributed by atoms with Crippen molar-refractivity contribution in [3.8, 4) is 0 Å². The Hall–Kier alpha value is -0.850. The van der Waals surface area contributed by atoms with Crippen LogP contribution in [0.3, 0.4) is 0 Å². The molecular weight excluding hydrogens is 308 g/mol. The molecule has 0 aromatic heterocycles. The van der Waals surface area contributed by atoms with E-state index in [0.29, 0.717) is 19.4 Å². The molecule has 1 saturated heterocycles. The third-order valence-corrected chi connectivity index (χ3v) is 3.32. The number of halogens is 1. The fourth-order valence-corrected chi connectivity index (χ4v) is 2.34. The summed E-state index contributed by atoms with van der Waals surface area (Å²) < 4.78 is 10.8. The van der Waals surface area contributed by atoms with Crippen molar-refractivity contribution in [2.45, 2.75) is 71.3 Å². The second-order valence-corrected chi connectivity index (χ2v) is 6.24. The van der Waals surface area contributed by atoms with Crippen molar-refractivity contribution in [1.82, 2.24) is 5.32 Å². The molecule has 7 heteroatoms. The number of hydrogen-bond donors (Lipinski definition) is 2. The highest BCUT2D eigenvalue weighted by Gasteiger charge is 2.33. The van der Waals surface area contributed by atoms with Crippen LogP contribution in [0.15, 0.2) is 0 Å². The number of nitrogens with one attached hydrogen (secondary N) is 1. The Morgan fingerprint density at radius 2 is 1.91 bits per heavy atom. The fraction of sp³-hybridized carbons (Fsp3) is 0.867. The van der Waals surface area contributed by atoms with Crippen LogP contribution in [0.25, 0.3) is 0 Å². The van der Waals surface area contributed by atoms with Crippen molar-refractivity contribution in [2.75, 3.05) is 6.54 Å². The molecule has 0 aromatic rings. The Morgan fingerprint density at radius 1 is 1.27 bits per heavy atom. The van der Waals surface area contributed by atoms with Crippen molar-refractivity contribution in [3.63, 3.8) is 0 Å². The van der Waals surface area contributed by atoms with Crippen LogP contribution in [0.2, 0.25) is 0 Å². The maximum atomic E-state index is 12.2. The van der Waals surface area contributed by atoms with Gasteiger partial charge in [-0.15, -0.1) is 12.4 Å². The van der Waals surface area contributed by atoms with Crippen LogP contribution in [0.1, 0.15) is 47.0 Å². The molecule has 0 aromatic carbocycles. The summed E-state index contributed by atoms with van der Waals surface area (Å²) in [6, 6.07) is -0.625. The van der Waals surface area contributed by atoms with E-state index in [2.05, 4.69) is 5.32 Å². The number of ether oxygens (including phenoxy) is 2. The third-order valence-electron chi connectivity index (χ3n) is 3.32. The molecule has 1 aliphatic rings. The first-order valence-corrected chi connectivity index (χ1v) is 7.69. The maximum Gasteiger partial charge on any atom is 0.328 e. The monoisotopic (exact) mass is 336 g/mol. The van der Waals surface area contributed by atoms with Gasteiger partial charge in [-0.1, -0.05) is 13.8 Å². The van der Waals surface area contributed by atoms with Gasteiger partial charge in [-0.3, -0.25) is 4.79 Å². The molecule has 0 saturated carbocycles. The number of nitrogens with two attached hydrogens (primary N) is 1. The summed E-state index contributed by atoms with van der Waals surface area (Å²) in [7, 11) is 0. The highest BCUT2D eigenvalue weighted by atomic mass is 35.5. The molecule has 3 N–H and O–H groups in total.